The predicted molar refractivity (Wildman–Crippen MR) is 131 cm³/mol. The molecule has 0 saturated carbocycles. The fourth-order valence-corrected chi connectivity index (χ4v) is 3.97. The maximum Gasteiger partial charge on any atom is 0.234 e. The number of rotatable bonds is 13. The van der Waals surface area contributed by atoms with E-state index in [0.29, 0.717) is 53.7 Å². The van der Waals surface area contributed by atoms with Gasteiger partial charge < -0.3 is 28.8 Å². The molecule has 0 fully saturated rings. The van der Waals surface area contributed by atoms with Crippen molar-refractivity contribution in [3.8, 4) is 23.0 Å². The van der Waals surface area contributed by atoms with E-state index < -0.39 is 0 Å². The Balaban J connectivity index is 1.61. The molecule has 0 unspecified atom stereocenters. The lowest BCUT2D eigenvalue weighted by atomic mass is 10.2. The molecule has 0 aliphatic rings. The molecule has 1 N–H and O–H groups in total. The summed E-state index contributed by atoms with van der Waals surface area (Å²) in [5.41, 5.74) is 0.572. The van der Waals surface area contributed by atoms with E-state index in [1.165, 1.54) is 11.8 Å². The average molecular weight is 487 g/mol. The van der Waals surface area contributed by atoms with Gasteiger partial charge in [-0.3, -0.25) is 4.79 Å². The second kappa shape index (κ2) is 12.7. The van der Waals surface area contributed by atoms with Gasteiger partial charge >= 0.3 is 0 Å². The minimum atomic E-state index is -0.181. The van der Waals surface area contributed by atoms with Crippen LogP contribution in [-0.2, 0) is 17.9 Å². The van der Waals surface area contributed by atoms with Crippen LogP contribution in [0.25, 0.3) is 0 Å². The Kier molecular flexibility index (Phi) is 9.45. The Labute approximate surface area is 203 Å². The number of methoxy groups -OCH3 is 1. The van der Waals surface area contributed by atoms with E-state index in [2.05, 4.69) is 15.5 Å². The summed E-state index contributed by atoms with van der Waals surface area (Å²) < 4.78 is 24.2. The largest absolute Gasteiger partial charge is 0.497 e. The normalized spacial score (nSPS) is 10.6. The van der Waals surface area contributed by atoms with Crippen molar-refractivity contribution in [3.05, 3.63) is 48.3 Å². The van der Waals surface area contributed by atoms with Gasteiger partial charge in [0.1, 0.15) is 29.6 Å². The van der Waals surface area contributed by atoms with Crippen molar-refractivity contribution in [1.82, 2.24) is 14.8 Å². The standard InChI is InChI=1S/C24H30N4O5S/c1-5-28-22(15-33-18-10-8-9-17(13-18)30-4)26-27-24(28)34-16-23(29)25-20-14-19(31-6-2)11-12-21(20)32-7-3/h8-14H,5-7,15-16H2,1-4H3,(H,25,29). The maximum absolute atomic E-state index is 12.7. The predicted octanol–water partition coefficient (Wildman–Crippen LogP) is 4.41. The third-order valence-electron chi connectivity index (χ3n) is 4.69. The highest BCUT2D eigenvalue weighted by molar-refractivity contribution is 7.99. The summed E-state index contributed by atoms with van der Waals surface area (Å²) >= 11 is 1.31. The number of carbonyl (C=O) groups is 1. The molecule has 2 aromatic carbocycles. The first-order valence-electron chi connectivity index (χ1n) is 11.1. The molecular formula is C24H30N4O5S. The SMILES string of the molecule is CCOc1ccc(OCC)c(NC(=O)CSc2nnc(COc3cccc(OC)c3)n2CC)c1. The Morgan fingerprint density at radius 2 is 1.74 bits per heavy atom. The molecule has 1 heterocycles. The van der Waals surface area contributed by atoms with Crippen molar-refractivity contribution in [2.45, 2.75) is 39.1 Å². The second-order valence-corrected chi connectivity index (χ2v) is 7.91. The lowest BCUT2D eigenvalue weighted by Gasteiger charge is -2.13. The molecule has 182 valence electrons. The number of thioether (sulfide) groups is 1. The van der Waals surface area contributed by atoms with Gasteiger partial charge in [0.05, 0.1) is 31.8 Å². The molecule has 0 aliphatic heterocycles. The number of amides is 1. The van der Waals surface area contributed by atoms with Crippen molar-refractivity contribution in [3.63, 3.8) is 0 Å². The van der Waals surface area contributed by atoms with Crippen LogP contribution in [0.4, 0.5) is 5.69 Å². The number of ether oxygens (including phenoxy) is 4. The van der Waals surface area contributed by atoms with Gasteiger partial charge in [0.15, 0.2) is 11.0 Å². The summed E-state index contributed by atoms with van der Waals surface area (Å²) in [5, 5.41) is 12.0. The lowest BCUT2D eigenvalue weighted by Crippen LogP contribution is -2.16. The molecule has 0 saturated heterocycles. The van der Waals surface area contributed by atoms with Crippen molar-refractivity contribution < 1.29 is 23.7 Å². The lowest BCUT2D eigenvalue weighted by molar-refractivity contribution is -0.113. The van der Waals surface area contributed by atoms with Gasteiger partial charge in [-0.1, -0.05) is 17.8 Å². The molecule has 1 amide bonds. The van der Waals surface area contributed by atoms with Crippen LogP contribution in [0.15, 0.2) is 47.6 Å². The summed E-state index contributed by atoms with van der Waals surface area (Å²) in [6.07, 6.45) is 0. The monoisotopic (exact) mass is 486 g/mol. The van der Waals surface area contributed by atoms with E-state index in [-0.39, 0.29) is 18.3 Å². The van der Waals surface area contributed by atoms with Gasteiger partial charge in [0.2, 0.25) is 5.91 Å². The third-order valence-corrected chi connectivity index (χ3v) is 5.65. The molecule has 0 spiro atoms. The van der Waals surface area contributed by atoms with E-state index in [9.17, 15) is 4.79 Å². The fourth-order valence-electron chi connectivity index (χ4n) is 3.15. The Morgan fingerprint density at radius 1 is 0.971 bits per heavy atom. The Hall–Kier alpha value is -3.40. The van der Waals surface area contributed by atoms with Crippen molar-refractivity contribution in [2.75, 3.05) is 31.4 Å². The van der Waals surface area contributed by atoms with Crippen molar-refractivity contribution in [1.29, 1.82) is 0 Å². The van der Waals surface area contributed by atoms with E-state index >= 15 is 0 Å². The van der Waals surface area contributed by atoms with Gasteiger partial charge in [-0.2, -0.15) is 0 Å². The summed E-state index contributed by atoms with van der Waals surface area (Å²) in [6, 6.07) is 12.7. The molecular weight excluding hydrogens is 456 g/mol. The summed E-state index contributed by atoms with van der Waals surface area (Å²) in [6.45, 7) is 7.73. The Morgan fingerprint density at radius 3 is 2.47 bits per heavy atom. The van der Waals surface area contributed by atoms with E-state index in [4.69, 9.17) is 18.9 Å². The van der Waals surface area contributed by atoms with E-state index in [1.807, 2.05) is 55.7 Å². The average Bonchev–Trinajstić information content (AvgIpc) is 3.25. The molecule has 3 aromatic rings. The quantitative estimate of drug-likeness (QED) is 0.355. The zero-order valence-corrected chi connectivity index (χ0v) is 20.7. The van der Waals surface area contributed by atoms with Gasteiger partial charge in [-0.25, -0.2) is 0 Å². The fraction of sp³-hybridized carbons (Fsp3) is 0.375. The number of aromatic nitrogens is 3. The van der Waals surface area contributed by atoms with Crippen LogP contribution in [0.3, 0.4) is 0 Å². The third kappa shape index (κ3) is 6.80. The number of nitrogens with one attached hydrogen (secondary N) is 1. The molecule has 0 bridgehead atoms. The molecule has 34 heavy (non-hydrogen) atoms. The van der Waals surface area contributed by atoms with Gasteiger partial charge in [0.25, 0.3) is 0 Å². The minimum absolute atomic E-state index is 0.166. The highest BCUT2D eigenvalue weighted by Crippen LogP contribution is 2.30. The topological polar surface area (TPSA) is 96.7 Å². The number of hydrogen-bond acceptors (Lipinski definition) is 8. The molecule has 1 aromatic heterocycles. The van der Waals surface area contributed by atoms with E-state index in [1.54, 1.807) is 19.2 Å². The van der Waals surface area contributed by atoms with E-state index in [0.717, 1.165) is 5.75 Å². The Bertz CT molecular complexity index is 1090. The first-order valence-corrected chi connectivity index (χ1v) is 12.1. The minimum Gasteiger partial charge on any atom is -0.497 e. The highest BCUT2D eigenvalue weighted by Gasteiger charge is 2.15. The smallest absolute Gasteiger partial charge is 0.234 e. The van der Waals surface area contributed by atoms with Crippen molar-refractivity contribution in [2.24, 2.45) is 0 Å². The highest BCUT2D eigenvalue weighted by atomic mass is 32.2. The number of anilines is 1. The van der Waals surface area contributed by atoms with Crippen LogP contribution in [0.5, 0.6) is 23.0 Å². The zero-order valence-electron chi connectivity index (χ0n) is 19.9. The number of nitrogens with zero attached hydrogens (tertiary/aromatic N) is 3. The second-order valence-electron chi connectivity index (χ2n) is 6.97. The first-order chi connectivity index (χ1) is 16.6. The van der Waals surface area contributed by atoms with Crippen LogP contribution in [0.1, 0.15) is 26.6 Å². The maximum atomic E-state index is 12.7. The van der Waals surface area contributed by atoms with Crippen LogP contribution in [0.2, 0.25) is 0 Å². The summed E-state index contributed by atoms with van der Waals surface area (Å²) in [5.74, 6) is 3.32. The number of benzene rings is 2. The molecule has 0 aliphatic carbocycles. The van der Waals surface area contributed by atoms with Gasteiger partial charge in [-0.15, -0.1) is 10.2 Å². The molecule has 9 nitrogen and oxygen atoms in total. The number of hydrogen-bond donors (Lipinski definition) is 1. The molecule has 3 rings (SSSR count). The molecule has 10 heteroatoms. The number of carbonyl (C=O) groups excluding carboxylic acids is 1. The van der Waals surface area contributed by atoms with Crippen LogP contribution >= 0.6 is 11.8 Å². The molecule has 0 radical (unpaired) electrons. The summed E-state index contributed by atoms with van der Waals surface area (Å²) in [4.78, 5) is 12.7. The van der Waals surface area contributed by atoms with Crippen LogP contribution < -0.4 is 24.3 Å². The van der Waals surface area contributed by atoms with Gasteiger partial charge in [0, 0.05) is 18.7 Å². The van der Waals surface area contributed by atoms with Crippen LogP contribution in [0, 0.1) is 0 Å². The summed E-state index contributed by atoms with van der Waals surface area (Å²) in [7, 11) is 1.61. The van der Waals surface area contributed by atoms with Crippen molar-refractivity contribution >= 4 is 23.4 Å². The van der Waals surface area contributed by atoms with Gasteiger partial charge in [-0.05, 0) is 45.0 Å². The zero-order chi connectivity index (χ0) is 24.3. The first kappa shape index (κ1) is 25.2. The molecule has 0 atom stereocenters. The van der Waals surface area contributed by atoms with Crippen LogP contribution in [-0.4, -0.2) is 46.7 Å².